The molecule has 0 bridgehead atoms. The van der Waals surface area contributed by atoms with E-state index in [4.69, 9.17) is 21.7 Å². The van der Waals surface area contributed by atoms with Crippen LogP contribution in [0.25, 0.3) is 0 Å². The van der Waals surface area contributed by atoms with Gasteiger partial charge in [-0.1, -0.05) is 0 Å². The number of thiol groups is 2. The molecule has 20 heavy (non-hydrogen) atoms. The zero-order chi connectivity index (χ0) is 16.7. The molecule has 0 aliphatic carbocycles. The molecule has 0 amide bonds. The molecule has 0 heterocycles. The predicted octanol–water partition coefficient (Wildman–Crippen LogP) is -1.43. The van der Waals surface area contributed by atoms with Crippen LogP contribution in [0, 0.1) is 0 Å². The number of Topliss-reactive ketones (excluding diaryl/α,β-unsaturated/α-hetero) is 2. The molecule has 0 radical (unpaired) electrons. The highest BCUT2D eigenvalue weighted by Crippen LogP contribution is 2.05. The summed E-state index contributed by atoms with van der Waals surface area (Å²) >= 11 is 7.31. The number of hydrogen-bond donors (Lipinski definition) is 6. The monoisotopic (exact) mass is 326 g/mol. The fourth-order valence-corrected chi connectivity index (χ4v) is 1.37. The van der Waals surface area contributed by atoms with E-state index in [1.54, 1.807) is 0 Å². The first kappa shape index (κ1) is 21.2. The smallest absolute Gasteiger partial charge is 0.332 e. The van der Waals surface area contributed by atoms with Crippen molar-refractivity contribution in [1.29, 1.82) is 0 Å². The Kier molecular flexibility index (Phi) is 8.74. The van der Waals surface area contributed by atoms with Gasteiger partial charge < -0.3 is 21.7 Å². The van der Waals surface area contributed by atoms with Crippen LogP contribution in [0.3, 0.4) is 0 Å². The minimum Gasteiger partial charge on any atom is -0.480 e. The van der Waals surface area contributed by atoms with Gasteiger partial charge in [0.15, 0.2) is 22.6 Å². The van der Waals surface area contributed by atoms with E-state index >= 15 is 0 Å². The standard InChI is InChI=1S/2C5H9NO3S/c2*1-3(7)5(6,2-10)4(8)9/h2*10H,2,6H2,1H3,(H,8,9). The summed E-state index contributed by atoms with van der Waals surface area (Å²) in [4.78, 5) is 41.8. The third kappa shape index (κ3) is 5.12. The average Bonchev–Trinajstić information content (AvgIpc) is 2.36. The molecule has 0 saturated carbocycles. The van der Waals surface area contributed by atoms with Crippen molar-refractivity contribution < 1.29 is 29.4 Å². The predicted molar refractivity (Wildman–Crippen MR) is 78.2 cm³/mol. The van der Waals surface area contributed by atoms with Gasteiger partial charge in [0.25, 0.3) is 0 Å². The van der Waals surface area contributed by atoms with Crippen molar-refractivity contribution in [3.8, 4) is 0 Å². The van der Waals surface area contributed by atoms with Crippen LogP contribution in [0.2, 0.25) is 0 Å². The number of rotatable bonds is 6. The second kappa shape index (κ2) is 8.25. The second-order valence-electron chi connectivity index (χ2n) is 3.98. The lowest BCUT2D eigenvalue weighted by Crippen LogP contribution is -2.55. The van der Waals surface area contributed by atoms with Crippen molar-refractivity contribution >= 4 is 48.8 Å². The topological polar surface area (TPSA) is 161 Å². The average molecular weight is 326 g/mol. The fraction of sp³-hybridized carbons (Fsp3) is 0.600. The van der Waals surface area contributed by atoms with E-state index < -0.39 is 34.6 Å². The molecule has 0 aromatic rings. The third-order valence-electron chi connectivity index (χ3n) is 2.52. The van der Waals surface area contributed by atoms with Crippen LogP contribution in [-0.4, -0.2) is 56.3 Å². The van der Waals surface area contributed by atoms with Crippen molar-refractivity contribution in [2.75, 3.05) is 11.5 Å². The van der Waals surface area contributed by atoms with Crippen LogP contribution in [0.5, 0.6) is 0 Å². The van der Waals surface area contributed by atoms with Gasteiger partial charge in [-0.15, -0.1) is 0 Å². The van der Waals surface area contributed by atoms with Gasteiger partial charge in [-0.25, -0.2) is 9.59 Å². The Bertz CT molecular complexity index is 347. The summed E-state index contributed by atoms with van der Waals surface area (Å²) in [6, 6.07) is 0. The Hall–Kier alpha value is -1.10. The van der Waals surface area contributed by atoms with E-state index in [2.05, 4.69) is 25.3 Å². The van der Waals surface area contributed by atoms with E-state index in [1.807, 2.05) is 0 Å². The van der Waals surface area contributed by atoms with Crippen LogP contribution in [-0.2, 0) is 19.2 Å². The molecule has 0 fully saturated rings. The molecule has 116 valence electrons. The lowest BCUT2D eigenvalue weighted by Gasteiger charge is -2.17. The molecule has 8 nitrogen and oxygen atoms in total. The molecule has 0 aromatic carbocycles. The van der Waals surface area contributed by atoms with Gasteiger partial charge in [-0.3, -0.25) is 9.59 Å². The first-order valence-corrected chi connectivity index (χ1v) is 6.45. The van der Waals surface area contributed by atoms with Crippen LogP contribution in [0.1, 0.15) is 13.8 Å². The number of carbonyl (C=O) groups is 4. The quantitative estimate of drug-likeness (QED) is 0.256. The maximum absolute atomic E-state index is 10.6. The van der Waals surface area contributed by atoms with Gasteiger partial charge in [0.2, 0.25) is 0 Å². The summed E-state index contributed by atoms with van der Waals surface area (Å²) in [6.45, 7) is 2.26. The zero-order valence-electron chi connectivity index (χ0n) is 11.0. The Morgan fingerprint density at radius 2 is 1.05 bits per heavy atom. The summed E-state index contributed by atoms with van der Waals surface area (Å²) in [7, 11) is 0. The zero-order valence-corrected chi connectivity index (χ0v) is 12.8. The number of carbonyl (C=O) groups excluding carboxylic acids is 2. The summed E-state index contributed by atoms with van der Waals surface area (Å²) in [5, 5.41) is 16.8. The second-order valence-corrected chi connectivity index (χ2v) is 4.61. The van der Waals surface area contributed by atoms with E-state index in [1.165, 1.54) is 0 Å². The maximum atomic E-state index is 10.6. The summed E-state index contributed by atoms with van der Waals surface area (Å²) in [5.41, 5.74) is 6.68. The Morgan fingerprint density at radius 3 is 1.05 bits per heavy atom. The lowest BCUT2D eigenvalue weighted by molar-refractivity contribution is -0.148. The molecular formula is C10H18N2O6S2. The molecule has 2 unspecified atom stereocenters. The first-order chi connectivity index (χ1) is 8.89. The van der Waals surface area contributed by atoms with Gasteiger partial charge in [0.1, 0.15) is 0 Å². The molecule has 2 atom stereocenters. The molecule has 0 aliphatic heterocycles. The van der Waals surface area contributed by atoms with E-state index in [-0.39, 0.29) is 11.5 Å². The molecule has 10 heteroatoms. The normalized spacial score (nSPS) is 15.9. The lowest BCUT2D eigenvalue weighted by atomic mass is 9.99. The highest BCUT2D eigenvalue weighted by atomic mass is 32.1. The van der Waals surface area contributed by atoms with E-state index in [0.717, 1.165) is 13.8 Å². The minimum atomic E-state index is -1.82. The third-order valence-corrected chi connectivity index (χ3v) is 3.52. The number of nitrogens with two attached hydrogens (primary N) is 2. The van der Waals surface area contributed by atoms with Crippen LogP contribution in [0.4, 0.5) is 0 Å². The van der Waals surface area contributed by atoms with Gasteiger partial charge in [-0.2, -0.15) is 25.3 Å². The van der Waals surface area contributed by atoms with Crippen molar-refractivity contribution in [2.24, 2.45) is 11.5 Å². The fourth-order valence-electron chi connectivity index (χ4n) is 0.659. The number of carboxylic acid groups (broad SMARTS) is 2. The molecule has 0 spiro atoms. The van der Waals surface area contributed by atoms with Gasteiger partial charge in [0, 0.05) is 11.5 Å². The van der Waals surface area contributed by atoms with E-state index in [9.17, 15) is 19.2 Å². The number of carboxylic acids is 2. The molecule has 0 saturated heterocycles. The van der Waals surface area contributed by atoms with Crippen molar-refractivity contribution in [3.05, 3.63) is 0 Å². The summed E-state index contributed by atoms with van der Waals surface area (Å²) < 4.78 is 0. The van der Waals surface area contributed by atoms with E-state index in [0.29, 0.717) is 0 Å². The molecule has 0 aliphatic rings. The van der Waals surface area contributed by atoms with Crippen LogP contribution < -0.4 is 11.5 Å². The van der Waals surface area contributed by atoms with Crippen LogP contribution in [0.15, 0.2) is 0 Å². The molecule has 0 rings (SSSR count). The molecule has 0 aromatic heterocycles. The number of aliphatic carboxylic acids is 2. The highest BCUT2D eigenvalue weighted by molar-refractivity contribution is 7.80. The van der Waals surface area contributed by atoms with Crippen LogP contribution >= 0.6 is 25.3 Å². The highest BCUT2D eigenvalue weighted by Gasteiger charge is 2.38. The summed E-state index contributed by atoms with van der Waals surface area (Å²) in [5.74, 6) is -4.22. The molecule has 6 N–H and O–H groups in total. The number of hydrogen-bond acceptors (Lipinski definition) is 8. The van der Waals surface area contributed by atoms with Gasteiger partial charge >= 0.3 is 11.9 Å². The Morgan fingerprint density at radius 1 is 0.850 bits per heavy atom. The van der Waals surface area contributed by atoms with Gasteiger partial charge in [0.05, 0.1) is 0 Å². The minimum absolute atomic E-state index is 0.183. The largest absolute Gasteiger partial charge is 0.480 e. The SMILES string of the molecule is CC(=O)C(N)(CS)C(=O)O.CC(=O)C(N)(CS)C(=O)O. The van der Waals surface area contributed by atoms with Crippen molar-refractivity contribution in [3.63, 3.8) is 0 Å². The van der Waals surface area contributed by atoms with Gasteiger partial charge in [-0.05, 0) is 13.8 Å². The Labute approximate surface area is 126 Å². The maximum Gasteiger partial charge on any atom is 0.332 e. The molecular weight excluding hydrogens is 308 g/mol. The first-order valence-electron chi connectivity index (χ1n) is 5.18. The van der Waals surface area contributed by atoms with Crippen molar-refractivity contribution in [1.82, 2.24) is 0 Å². The summed E-state index contributed by atoms with van der Waals surface area (Å²) in [6.07, 6.45) is 0. The van der Waals surface area contributed by atoms with Crippen molar-refractivity contribution in [2.45, 2.75) is 24.9 Å². The Balaban J connectivity index is 0. The number of ketones is 2.